The molecule has 2 atom stereocenters. The molecular weight excluding hydrogens is 278 g/mol. The first-order valence-corrected chi connectivity index (χ1v) is 7.88. The van der Waals surface area contributed by atoms with Crippen LogP contribution in [0.15, 0.2) is 36.4 Å². The topological polar surface area (TPSA) is 57.6 Å². The fourth-order valence-electron chi connectivity index (χ4n) is 3.44. The zero-order valence-electron chi connectivity index (χ0n) is 12.6. The van der Waals surface area contributed by atoms with Gasteiger partial charge in [-0.1, -0.05) is 24.3 Å². The third-order valence-corrected chi connectivity index (χ3v) is 4.80. The van der Waals surface area contributed by atoms with Crippen LogP contribution in [0, 0.1) is 11.8 Å². The number of carbonyl (C=O) groups is 2. The highest BCUT2D eigenvalue weighted by atomic mass is 16.4. The van der Waals surface area contributed by atoms with Gasteiger partial charge in [0, 0.05) is 19.5 Å². The number of amides is 1. The molecule has 1 saturated heterocycles. The normalized spacial score (nSPS) is 23.4. The van der Waals surface area contributed by atoms with E-state index in [0.29, 0.717) is 24.7 Å². The summed E-state index contributed by atoms with van der Waals surface area (Å²) in [6, 6.07) is 6.78. The Balaban J connectivity index is 1.51. The zero-order chi connectivity index (χ0) is 15.5. The molecule has 1 aromatic rings. The smallest absolute Gasteiger partial charge is 0.335 e. The highest BCUT2D eigenvalue weighted by molar-refractivity contribution is 5.87. The van der Waals surface area contributed by atoms with E-state index in [2.05, 4.69) is 12.2 Å². The number of carboxylic acids is 1. The Morgan fingerprint density at radius 3 is 2.18 bits per heavy atom. The number of aryl methyl sites for hydroxylation is 1. The lowest BCUT2D eigenvalue weighted by atomic mass is 9.86. The van der Waals surface area contributed by atoms with Crippen molar-refractivity contribution in [2.24, 2.45) is 11.8 Å². The fourth-order valence-corrected chi connectivity index (χ4v) is 3.44. The van der Waals surface area contributed by atoms with E-state index in [4.69, 9.17) is 5.11 Å². The highest BCUT2D eigenvalue weighted by Gasteiger charge is 2.34. The first kappa shape index (κ1) is 14.8. The van der Waals surface area contributed by atoms with Crippen molar-refractivity contribution >= 4 is 11.9 Å². The largest absolute Gasteiger partial charge is 0.478 e. The Kier molecular flexibility index (Phi) is 4.27. The molecule has 0 bridgehead atoms. The number of carboxylic acid groups (broad SMARTS) is 1. The van der Waals surface area contributed by atoms with Gasteiger partial charge in [0.25, 0.3) is 0 Å². The summed E-state index contributed by atoms with van der Waals surface area (Å²) >= 11 is 0. The third-order valence-electron chi connectivity index (χ3n) is 4.80. The van der Waals surface area contributed by atoms with Gasteiger partial charge in [-0.25, -0.2) is 4.79 Å². The molecule has 1 aliphatic heterocycles. The number of hydrogen-bond donors (Lipinski definition) is 1. The second kappa shape index (κ2) is 6.34. The van der Waals surface area contributed by atoms with E-state index in [1.807, 2.05) is 4.90 Å². The fraction of sp³-hybridized carbons (Fsp3) is 0.444. The molecule has 3 rings (SSSR count). The molecule has 0 aromatic heterocycles. The molecule has 2 aliphatic rings. The Morgan fingerprint density at radius 2 is 1.64 bits per heavy atom. The summed E-state index contributed by atoms with van der Waals surface area (Å²) in [7, 11) is 0. The maximum absolute atomic E-state index is 12.3. The number of carbonyl (C=O) groups excluding carboxylic acids is 1. The molecular formula is C18H21NO3. The van der Waals surface area contributed by atoms with Gasteiger partial charge >= 0.3 is 5.97 Å². The molecule has 0 unspecified atom stereocenters. The number of fused-ring (bicyclic) bond motifs is 1. The lowest BCUT2D eigenvalue weighted by molar-refractivity contribution is -0.130. The molecule has 1 N–H and O–H groups in total. The van der Waals surface area contributed by atoms with Crippen LogP contribution in [0.25, 0.3) is 0 Å². The number of rotatable bonds is 4. The van der Waals surface area contributed by atoms with E-state index >= 15 is 0 Å². The lowest BCUT2D eigenvalue weighted by Crippen LogP contribution is -2.29. The molecule has 1 amide bonds. The molecule has 1 aliphatic carbocycles. The van der Waals surface area contributed by atoms with Crippen LogP contribution in [-0.4, -0.2) is 35.0 Å². The van der Waals surface area contributed by atoms with E-state index in [9.17, 15) is 9.59 Å². The molecule has 0 saturated carbocycles. The van der Waals surface area contributed by atoms with Crippen LogP contribution in [0.3, 0.4) is 0 Å². The molecule has 4 nitrogen and oxygen atoms in total. The molecule has 1 fully saturated rings. The quantitative estimate of drug-likeness (QED) is 0.870. The van der Waals surface area contributed by atoms with Gasteiger partial charge in [-0.2, -0.15) is 0 Å². The minimum atomic E-state index is -0.920. The molecule has 22 heavy (non-hydrogen) atoms. The maximum Gasteiger partial charge on any atom is 0.335 e. The third kappa shape index (κ3) is 3.21. The maximum atomic E-state index is 12.3. The van der Waals surface area contributed by atoms with Gasteiger partial charge in [-0.05, 0) is 48.8 Å². The predicted molar refractivity (Wildman–Crippen MR) is 83.7 cm³/mol. The summed E-state index contributed by atoms with van der Waals surface area (Å²) in [5, 5.41) is 8.87. The van der Waals surface area contributed by atoms with Crippen molar-refractivity contribution < 1.29 is 14.7 Å². The van der Waals surface area contributed by atoms with Crippen LogP contribution < -0.4 is 0 Å². The van der Waals surface area contributed by atoms with Gasteiger partial charge in [0.2, 0.25) is 5.91 Å². The average Bonchev–Trinajstić information content (AvgIpc) is 2.97. The molecule has 0 spiro atoms. The number of allylic oxidation sites excluding steroid dienone is 2. The van der Waals surface area contributed by atoms with Crippen molar-refractivity contribution in [3.8, 4) is 0 Å². The first-order valence-electron chi connectivity index (χ1n) is 7.88. The van der Waals surface area contributed by atoms with E-state index in [1.54, 1.807) is 24.3 Å². The van der Waals surface area contributed by atoms with Crippen molar-refractivity contribution in [1.82, 2.24) is 4.90 Å². The number of benzene rings is 1. The number of nitrogens with zero attached hydrogens (tertiary/aromatic N) is 1. The SMILES string of the molecule is O=C(O)c1ccc(CCC(=O)N2C[C@@H]3CC=CC[C@H]3C2)cc1. The first-order chi connectivity index (χ1) is 10.6. The van der Waals surface area contributed by atoms with Crippen molar-refractivity contribution in [2.45, 2.75) is 25.7 Å². The van der Waals surface area contributed by atoms with E-state index in [-0.39, 0.29) is 11.5 Å². The highest BCUT2D eigenvalue weighted by Crippen LogP contribution is 2.33. The van der Waals surface area contributed by atoms with Crippen molar-refractivity contribution in [3.05, 3.63) is 47.5 Å². The van der Waals surface area contributed by atoms with E-state index < -0.39 is 5.97 Å². The van der Waals surface area contributed by atoms with Gasteiger partial charge in [0.05, 0.1) is 5.56 Å². The molecule has 4 heteroatoms. The molecule has 116 valence electrons. The van der Waals surface area contributed by atoms with Crippen LogP contribution in [0.2, 0.25) is 0 Å². The monoisotopic (exact) mass is 299 g/mol. The Bertz CT molecular complexity index is 575. The van der Waals surface area contributed by atoms with Crippen LogP contribution in [0.1, 0.15) is 35.2 Å². The Labute approximate surface area is 130 Å². The van der Waals surface area contributed by atoms with E-state index in [0.717, 1.165) is 31.5 Å². The van der Waals surface area contributed by atoms with Crippen molar-refractivity contribution in [3.63, 3.8) is 0 Å². The van der Waals surface area contributed by atoms with Crippen molar-refractivity contribution in [1.29, 1.82) is 0 Å². The van der Waals surface area contributed by atoms with Crippen LogP contribution >= 0.6 is 0 Å². The van der Waals surface area contributed by atoms with Gasteiger partial charge in [0.1, 0.15) is 0 Å². The van der Waals surface area contributed by atoms with Gasteiger partial charge in [-0.15, -0.1) is 0 Å². The summed E-state index contributed by atoms with van der Waals surface area (Å²) in [6.07, 6.45) is 7.84. The second-order valence-electron chi connectivity index (χ2n) is 6.26. The second-order valence-corrected chi connectivity index (χ2v) is 6.26. The molecule has 0 radical (unpaired) electrons. The summed E-state index contributed by atoms with van der Waals surface area (Å²) < 4.78 is 0. The summed E-state index contributed by atoms with van der Waals surface area (Å²) in [5.41, 5.74) is 1.29. The van der Waals surface area contributed by atoms with Crippen LogP contribution in [-0.2, 0) is 11.2 Å². The average molecular weight is 299 g/mol. The van der Waals surface area contributed by atoms with Crippen LogP contribution in [0.5, 0.6) is 0 Å². The minimum Gasteiger partial charge on any atom is -0.478 e. The minimum absolute atomic E-state index is 0.219. The Hall–Kier alpha value is -2.10. The van der Waals surface area contributed by atoms with Crippen LogP contribution in [0.4, 0.5) is 0 Å². The summed E-state index contributed by atoms with van der Waals surface area (Å²) in [6.45, 7) is 1.79. The van der Waals surface area contributed by atoms with Gasteiger partial charge in [-0.3, -0.25) is 4.79 Å². The number of aromatic carboxylic acids is 1. The predicted octanol–water partition coefficient (Wildman–Crippen LogP) is 2.74. The molecule has 1 aromatic carbocycles. The molecule has 1 heterocycles. The van der Waals surface area contributed by atoms with E-state index in [1.165, 1.54) is 0 Å². The zero-order valence-corrected chi connectivity index (χ0v) is 12.6. The lowest BCUT2D eigenvalue weighted by Gasteiger charge is -2.17. The Morgan fingerprint density at radius 1 is 1.05 bits per heavy atom. The van der Waals surface area contributed by atoms with Gasteiger partial charge < -0.3 is 10.0 Å². The van der Waals surface area contributed by atoms with Crippen molar-refractivity contribution in [2.75, 3.05) is 13.1 Å². The standard InChI is InChI=1S/C18H21NO3/c20-17(19-11-15-3-1-2-4-16(15)12-19)10-7-13-5-8-14(9-6-13)18(21)22/h1-2,5-6,8-9,15-16H,3-4,7,10-12H2,(H,21,22)/t15-,16-/m0/s1. The summed E-state index contributed by atoms with van der Waals surface area (Å²) in [5.74, 6) is 0.584. The number of hydrogen-bond acceptors (Lipinski definition) is 2. The van der Waals surface area contributed by atoms with Gasteiger partial charge in [0.15, 0.2) is 0 Å². The number of likely N-dealkylation sites (tertiary alicyclic amines) is 1. The summed E-state index contributed by atoms with van der Waals surface area (Å²) in [4.78, 5) is 25.2.